The fraction of sp³-hybridized carbons (Fsp3) is 0.810. The molecule has 0 fully saturated rings. The van der Waals surface area contributed by atoms with Gasteiger partial charge in [-0.25, -0.2) is 0 Å². The second kappa shape index (κ2) is 18.3. The molecule has 2 atom stereocenters. The second-order valence-electron chi connectivity index (χ2n) is 6.81. The van der Waals surface area contributed by atoms with Gasteiger partial charge in [-0.05, 0) is 38.5 Å². The Balaban J connectivity index is 3.90. The molecular formula is C21H37ClO5. The van der Waals surface area contributed by atoms with E-state index in [4.69, 9.17) is 16.3 Å². The van der Waals surface area contributed by atoms with Crippen LogP contribution < -0.4 is 0 Å². The van der Waals surface area contributed by atoms with Crippen LogP contribution in [-0.2, 0) is 19.1 Å². The summed E-state index contributed by atoms with van der Waals surface area (Å²) in [6, 6.07) is 0. The monoisotopic (exact) mass is 404 g/mol. The number of aliphatic hydroxyl groups is 1. The lowest BCUT2D eigenvalue weighted by Crippen LogP contribution is -2.31. The number of aliphatic hydroxyl groups excluding tert-OH is 1. The van der Waals surface area contributed by atoms with E-state index < -0.39 is 18.2 Å². The van der Waals surface area contributed by atoms with Gasteiger partial charge >= 0.3 is 11.9 Å². The third-order valence-electron chi connectivity index (χ3n) is 4.44. The third kappa shape index (κ3) is 15.7. The molecule has 2 unspecified atom stereocenters. The van der Waals surface area contributed by atoms with E-state index in [2.05, 4.69) is 17.7 Å². The fourth-order valence-electron chi connectivity index (χ4n) is 2.79. The van der Waals surface area contributed by atoms with E-state index in [1.54, 1.807) is 0 Å². The number of hydrogen-bond acceptors (Lipinski definition) is 5. The van der Waals surface area contributed by atoms with E-state index >= 15 is 0 Å². The van der Waals surface area contributed by atoms with E-state index in [9.17, 15) is 14.7 Å². The van der Waals surface area contributed by atoms with E-state index in [0.29, 0.717) is 19.3 Å². The lowest BCUT2D eigenvalue weighted by Gasteiger charge is -2.22. The smallest absolute Gasteiger partial charge is 0.321 e. The average Bonchev–Trinajstić information content (AvgIpc) is 2.67. The van der Waals surface area contributed by atoms with Crippen LogP contribution in [0.15, 0.2) is 12.2 Å². The van der Waals surface area contributed by atoms with Crippen molar-refractivity contribution in [3.63, 3.8) is 0 Å². The number of carbonyl (C=O) groups is 2. The Morgan fingerprint density at radius 3 is 2.37 bits per heavy atom. The molecule has 0 aliphatic carbocycles. The first-order chi connectivity index (χ1) is 13.0. The largest absolute Gasteiger partial charge is 0.469 e. The predicted molar refractivity (Wildman–Crippen MR) is 109 cm³/mol. The summed E-state index contributed by atoms with van der Waals surface area (Å²) >= 11 is 5.50. The van der Waals surface area contributed by atoms with Crippen molar-refractivity contribution in [2.45, 2.75) is 96.2 Å². The number of halogens is 1. The van der Waals surface area contributed by atoms with Gasteiger partial charge < -0.3 is 14.6 Å². The normalized spacial score (nSPS) is 13.5. The lowest BCUT2D eigenvalue weighted by atomic mass is 10.0. The van der Waals surface area contributed by atoms with Crippen molar-refractivity contribution in [1.29, 1.82) is 0 Å². The Labute approximate surface area is 169 Å². The minimum Gasteiger partial charge on any atom is -0.469 e. The lowest BCUT2D eigenvalue weighted by molar-refractivity contribution is -0.152. The van der Waals surface area contributed by atoms with Crippen LogP contribution in [0.1, 0.15) is 84.0 Å². The third-order valence-corrected chi connectivity index (χ3v) is 4.66. The molecule has 6 heteroatoms. The number of allylic oxidation sites excluding steroid dienone is 1. The van der Waals surface area contributed by atoms with Crippen molar-refractivity contribution in [1.82, 2.24) is 0 Å². The quantitative estimate of drug-likeness (QED) is 0.161. The summed E-state index contributed by atoms with van der Waals surface area (Å²) in [7, 11) is 1.42. The van der Waals surface area contributed by atoms with Crippen molar-refractivity contribution >= 4 is 23.5 Å². The summed E-state index contributed by atoms with van der Waals surface area (Å²) in [6.07, 6.45) is 13.8. The molecule has 0 aromatic heterocycles. The Kier molecular flexibility index (Phi) is 17.6. The Morgan fingerprint density at radius 1 is 1.00 bits per heavy atom. The Hall–Kier alpha value is -1.07. The van der Waals surface area contributed by atoms with Gasteiger partial charge in [0, 0.05) is 6.42 Å². The van der Waals surface area contributed by atoms with Gasteiger partial charge in [0.05, 0.1) is 13.2 Å². The van der Waals surface area contributed by atoms with Gasteiger partial charge in [0.1, 0.15) is 12.0 Å². The Morgan fingerprint density at radius 2 is 1.70 bits per heavy atom. The zero-order valence-electron chi connectivity index (χ0n) is 17.0. The number of unbranched alkanes of at least 4 members (excludes halogenated alkanes) is 7. The summed E-state index contributed by atoms with van der Waals surface area (Å²) < 4.78 is 9.89. The van der Waals surface area contributed by atoms with Gasteiger partial charge in [0.25, 0.3) is 0 Å². The zero-order chi connectivity index (χ0) is 20.3. The summed E-state index contributed by atoms with van der Waals surface area (Å²) in [5.74, 6) is -0.804. The van der Waals surface area contributed by atoms with Crippen LogP contribution in [0.4, 0.5) is 0 Å². The molecule has 0 bridgehead atoms. The number of alkyl halides is 1. The maximum absolute atomic E-state index is 11.4. The molecule has 0 aliphatic rings. The standard InChI is InChI=1S/C21H37ClO5/c1-3-4-11-15-19(27-21(25)17-22)18(23)14-12-9-7-5-6-8-10-13-16-20(24)26-2/h9,12,18-19,23H,3-8,10-11,13-17H2,1-2H3. The van der Waals surface area contributed by atoms with Crippen molar-refractivity contribution in [2.24, 2.45) is 0 Å². The summed E-state index contributed by atoms with van der Waals surface area (Å²) in [5, 5.41) is 10.3. The highest BCUT2D eigenvalue weighted by atomic mass is 35.5. The molecule has 0 saturated heterocycles. The van der Waals surface area contributed by atoms with Crippen LogP contribution in [0.3, 0.4) is 0 Å². The molecule has 0 aromatic rings. The summed E-state index contributed by atoms with van der Waals surface area (Å²) in [5.41, 5.74) is 0. The van der Waals surface area contributed by atoms with Crippen LogP contribution in [0, 0.1) is 0 Å². The average molecular weight is 405 g/mol. The summed E-state index contributed by atoms with van der Waals surface area (Å²) in [6.45, 7) is 2.11. The van der Waals surface area contributed by atoms with Crippen LogP contribution in [0.5, 0.6) is 0 Å². The van der Waals surface area contributed by atoms with Crippen LogP contribution >= 0.6 is 11.6 Å². The number of rotatable bonds is 17. The molecule has 158 valence electrons. The second-order valence-corrected chi connectivity index (χ2v) is 7.08. The van der Waals surface area contributed by atoms with Gasteiger partial charge in [-0.3, -0.25) is 9.59 Å². The van der Waals surface area contributed by atoms with Crippen molar-refractivity contribution in [2.75, 3.05) is 13.0 Å². The van der Waals surface area contributed by atoms with Crippen LogP contribution in [0.25, 0.3) is 0 Å². The minimum absolute atomic E-state index is 0.138. The first-order valence-electron chi connectivity index (χ1n) is 10.2. The van der Waals surface area contributed by atoms with E-state index in [0.717, 1.165) is 57.8 Å². The predicted octanol–water partition coefficient (Wildman–Crippen LogP) is 4.93. The van der Waals surface area contributed by atoms with Gasteiger partial charge in [0.2, 0.25) is 0 Å². The topological polar surface area (TPSA) is 72.8 Å². The minimum atomic E-state index is -0.691. The maximum Gasteiger partial charge on any atom is 0.321 e. The van der Waals surface area contributed by atoms with E-state index in [1.807, 2.05) is 6.08 Å². The highest BCUT2D eigenvalue weighted by Crippen LogP contribution is 2.15. The maximum atomic E-state index is 11.4. The SMILES string of the molecule is CCCCCC(OC(=O)CCl)C(O)CC=CCCCCCCCC(=O)OC. The van der Waals surface area contributed by atoms with Crippen molar-refractivity contribution in [3.05, 3.63) is 12.2 Å². The molecule has 1 N–H and O–H groups in total. The molecule has 0 aromatic carbocycles. The fourth-order valence-corrected chi connectivity index (χ4v) is 2.86. The first kappa shape index (κ1) is 25.9. The molecule has 5 nitrogen and oxygen atoms in total. The summed E-state index contributed by atoms with van der Waals surface area (Å²) in [4.78, 5) is 22.4. The van der Waals surface area contributed by atoms with Crippen molar-refractivity contribution in [3.8, 4) is 0 Å². The Bertz CT molecular complexity index is 411. The molecule has 0 aliphatic heterocycles. The number of methoxy groups -OCH3 is 1. The number of ether oxygens (including phenoxy) is 2. The van der Waals surface area contributed by atoms with Gasteiger partial charge in [-0.2, -0.15) is 0 Å². The van der Waals surface area contributed by atoms with Gasteiger partial charge in [-0.1, -0.05) is 51.2 Å². The molecule has 0 radical (unpaired) electrons. The molecule has 0 rings (SSSR count). The molecule has 0 heterocycles. The molecular weight excluding hydrogens is 368 g/mol. The number of carbonyl (C=O) groups excluding carboxylic acids is 2. The highest BCUT2D eigenvalue weighted by molar-refractivity contribution is 6.26. The van der Waals surface area contributed by atoms with Gasteiger partial charge in [0.15, 0.2) is 0 Å². The number of hydrogen-bond donors (Lipinski definition) is 1. The van der Waals surface area contributed by atoms with E-state index in [-0.39, 0.29) is 11.8 Å². The zero-order valence-corrected chi connectivity index (χ0v) is 17.7. The number of esters is 2. The highest BCUT2D eigenvalue weighted by Gasteiger charge is 2.21. The van der Waals surface area contributed by atoms with Crippen LogP contribution in [-0.4, -0.2) is 42.2 Å². The molecule has 27 heavy (non-hydrogen) atoms. The first-order valence-corrected chi connectivity index (χ1v) is 10.7. The molecule has 0 spiro atoms. The van der Waals surface area contributed by atoms with Crippen LogP contribution in [0.2, 0.25) is 0 Å². The molecule has 0 saturated carbocycles. The van der Waals surface area contributed by atoms with E-state index in [1.165, 1.54) is 7.11 Å². The molecule has 0 amide bonds. The van der Waals surface area contributed by atoms with Gasteiger partial charge in [-0.15, -0.1) is 11.6 Å². The van der Waals surface area contributed by atoms with Crippen molar-refractivity contribution < 1.29 is 24.2 Å².